The Hall–Kier alpha value is -4.18. The fraction of sp³-hybridized carbons (Fsp3) is 0.160. The van der Waals surface area contributed by atoms with Crippen molar-refractivity contribution in [3.05, 3.63) is 75.9 Å². The summed E-state index contributed by atoms with van der Waals surface area (Å²) < 4.78 is 11.3. The molecule has 1 aromatic heterocycles. The molecule has 1 aliphatic heterocycles. The predicted octanol–water partition coefficient (Wildman–Crippen LogP) is 1.90. The van der Waals surface area contributed by atoms with Crippen LogP contribution in [0.15, 0.2) is 48.5 Å². The molecule has 0 saturated carbocycles. The van der Waals surface area contributed by atoms with Gasteiger partial charge in [0.25, 0.3) is 0 Å². The second kappa shape index (κ2) is 9.59. The van der Waals surface area contributed by atoms with Gasteiger partial charge in [0.05, 0.1) is 24.8 Å². The maximum Gasteiger partial charge on any atom is 0.357 e. The van der Waals surface area contributed by atoms with Gasteiger partial charge in [0.1, 0.15) is 21.7 Å². The lowest BCUT2D eigenvalue weighted by molar-refractivity contribution is -0.135. The highest BCUT2D eigenvalue weighted by Crippen LogP contribution is 2.40. The molecular weight excluding hydrogens is 472 g/mol. The van der Waals surface area contributed by atoms with Crippen LogP contribution in [0.1, 0.15) is 38.6 Å². The maximum absolute atomic E-state index is 13.7. The number of hydrogen-bond donors (Lipinski definition) is 3. The van der Waals surface area contributed by atoms with Gasteiger partial charge in [-0.1, -0.05) is 36.0 Å². The fourth-order valence-electron chi connectivity index (χ4n) is 3.78. The molecule has 3 aromatic rings. The van der Waals surface area contributed by atoms with Crippen LogP contribution in [-0.4, -0.2) is 46.3 Å². The lowest BCUT2D eigenvalue weighted by Gasteiger charge is -2.23. The Bertz CT molecular complexity index is 1440. The van der Waals surface area contributed by atoms with E-state index in [0.29, 0.717) is 11.1 Å². The number of nitrogens with two attached hydrogens (primary N) is 1. The molecule has 0 saturated heterocycles. The van der Waals surface area contributed by atoms with E-state index in [-0.39, 0.29) is 45.0 Å². The molecule has 0 unspecified atom stereocenters. The number of rotatable bonds is 5. The monoisotopic (exact) mass is 494 g/mol. The lowest BCUT2D eigenvalue weighted by Crippen LogP contribution is -2.42. The number of esters is 2. The zero-order valence-electron chi connectivity index (χ0n) is 18.8. The number of phenolic OH excluding ortho intramolecular Hbond substituents is 2. The number of nitrogens with zero attached hydrogens (tertiary/aromatic N) is 1. The van der Waals surface area contributed by atoms with Gasteiger partial charge in [-0.05, 0) is 48.4 Å². The van der Waals surface area contributed by atoms with Gasteiger partial charge in [0.2, 0.25) is 5.91 Å². The highest BCUT2D eigenvalue weighted by molar-refractivity contribution is 8.10. The number of ether oxygens (including phenoxy) is 2. The summed E-state index contributed by atoms with van der Waals surface area (Å²) in [6.07, 6.45) is 1.61. The normalized spacial score (nSPS) is 15.6. The summed E-state index contributed by atoms with van der Waals surface area (Å²) in [5, 5.41) is 18.7. The maximum atomic E-state index is 13.7. The van der Waals surface area contributed by atoms with Crippen LogP contribution in [0.3, 0.4) is 0 Å². The molecule has 0 spiro atoms. The molecule has 9 nitrogen and oxygen atoms in total. The molecule has 1 aliphatic rings. The van der Waals surface area contributed by atoms with Crippen LogP contribution in [-0.2, 0) is 14.3 Å². The minimum absolute atomic E-state index is 0.0172. The first-order valence-corrected chi connectivity index (χ1v) is 11.4. The lowest BCUT2D eigenvalue weighted by atomic mass is 10.1. The average Bonchev–Trinajstić information content (AvgIpc) is 3.13. The van der Waals surface area contributed by atoms with Crippen molar-refractivity contribution < 1.29 is 34.1 Å². The zero-order valence-corrected chi connectivity index (χ0v) is 19.7. The van der Waals surface area contributed by atoms with Crippen LogP contribution in [0.25, 0.3) is 11.0 Å². The molecule has 0 aliphatic carbocycles. The summed E-state index contributed by atoms with van der Waals surface area (Å²) in [6.45, 7) is 1.75. The van der Waals surface area contributed by atoms with Crippen LogP contribution in [0, 0.1) is 0 Å². The Morgan fingerprint density at radius 2 is 1.66 bits per heavy atom. The summed E-state index contributed by atoms with van der Waals surface area (Å²) in [5.74, 6) is -1.96. The number of hydrogen-bond acceptors (Lipinski definition) is 9. The van der Waals surface area contributed by atoms with E-state index in [9.17, 15) is 24.6 Å². The van der Waals surface area contributed by atoms with Gasteiger partial charge >= 0.3 is 11.9 Å². The smallest absolute Gasteiger partial charge is 0.357 e. The minimum Gasteiger partial charge on any atom is -0.508 e. The molecule has 4 rings (SSSR count). The number of methoxy groups -OCH3 is 1. The molecule has 4 N–H and O–H groups in total. The van der Waals surface area contributed by atoms with Crippen molar-refractivity contribution in [1.29, 1.82) is 0 Å². The van der Waals surface area contributed by atoms with E-state index in [1.165, 1.54) is 31.4 Å². The number of thioether (sulfide) groups is 1. The zero-order chi connectivity index (χ0) is 25.3. The summed E-state index contributed by atoms with van der Waals surface area (Å²) in [7, 11) is 1.17. The number of anilines is 1. The van der Waals surface area contributed by atoms with Crippen molar-refractivity contribution >= 4 is 46.3 Å². The van der Waals surface area contributed by atoms with E-state index in [0.717, 1.165) is 16.3 Å². The Kier molecular flexibility index (Phi) is 6.57. The van der Waals surface area contributed by atoms with Crippen LogP contribution in [0.2, 0.25) is 0 Å². The van der Waals surface area contributed by atoms with Gasteiger partial charge in [-0.15, -0.1) is 0 Å². The summed E-state index contributed by atoms with van der Waals surface area (Å²) in [5.41, 5.74) is 7.26. The van der Waals surface area contributed by atoms with Crippen LogP contribution < -0.4 is 16.3 Å². The van der Waals surface area contributed by atoms with E-state index in [1.54, 1.807) is 37.3 Å². The second-order valence-corrected chi connectivity index (χ2v) is 8.68. The third kappa shape index (κ3) is 4.35. The Morgan fingerprint density at radius 3 is 2.23 bits per heavy atom. The number of carbonyl (C=O) groups excluding carboxylic acids is 3. The van der Waals surface area contributed by atoms with Crippen molar-refractivity contribution in [1.82, 2.24) is 4.57 Å². The largest absolute Gasteiger partial charge is 0.508 e. The summed E-state index contributed by atoms with van der Waals surface area (Å²) in [4.78, 5) is 39.7. The van der Waals surface area contributed by atoms with Crippen LogP contribution in [0.4, 0.5) is 5.69 Å². The first kappa shape index (κ1) is 24.0. The van der Waals surface area contributed by atoms with Crippen molar-refractivity contribution in [2.45, 2.75) is 12.2 Å². The first-order chi connectivity index (χ1) is 16.8. The molecule has 2 heterocycles. The minimum atomic E-state index is -0.917. The summed E-state index contributed by atoms with van der Waals surface area (Å²) in [6, 6.07) is 12.2. The van der Waals surface area contributed by atoms with Crippen molar-refractivity contribution in [3.8, 4) is 11.5 Å². The SMILES string of the molecule is CCOC(=O)C1=c2/c(=C/c3ccc(O)cc3)c(N)c(C(=O)OC)n2C(=O)[C@@H](c2ccc(O)cc2)S1. The van der Waals surface area contributed by atoms with E-state index in [1.807, 2.05) is 0 Å². The molecule has 35 heavy (non-hydrogen) atoms. The number of nitrogen functional groups attached to an aromatic ring is 1. The highest BCUT2D eigenvalue weighted by atomic mass is 32.2. The predicted molar refractivity (Wildman–Crippen MR) is 130 cm³/mol. The molecule has 0 amide bonds. The van der Waals surface area contributed by atoms with Crippen molar-refractivity contribution in [2.24, 2.45) is 0 Å². The van der Waals surface area contributed by atoms with Crippen molar-refractivity contribution in [3.63, 3.8) is 0 Å². The molecule has 2 aromatic carbocycles. The van der Waals surface area contributed by atoms with Gasteiger partial charge in [0, 0.05) is 5.22 Å². The van der Waals surface area contributed by atoms with Crippen LogP contribution >= 0.6 is 11.8 Å². The molecule has 1 atom stereocenters. The molecule has 0 radical (unpaired) electrons. The van der Waals surface area contributed by atoms with E-state index in [2.05, 4.69) is 0 Å². The number of benzene rings is 2. The van der Waals surface area contributed by atoms with Gasteiger partial charge in [-0.2, -0.15) is 0 Å². The van der Waals surface area contributed by atoms with Gasteiger partial charge in [-0.3, -0.25) is 9.36 Å². The molecular formula is C25H22N2O7S. The number of fused-ring (bicyclic) bond motifs is 1. The topological polar surface area (TPSA) is 141 Å². The highest BCUT2D eigenvalue weighted by Gasteiger charge is 2.38. The van der Waals surface area contributed by atoms with Crippen LogP contribution in [0.5, 0.6) is 11.5 Å². The Labute approximate surface area is 204 Å². The quantitative estimate of drug-likeness (QED) is 0.454. The molecule has 0 bridgehead atoms. The number of phenols is 2. The molecule has 0 fully saturated rings. The first-order valence-electron chi connectivity index (χ1n) is 10.6. The van der Waals surface area contributed by atoms with Gasteiger partial charge in [-0.25, -0.2) is 9.59 Å². The second-order valence-electron chi connectivity index (χ2n) is 7.56. The number of carbonyl (C=O) groups is 3. The number of aromatic hydroxyl groups is 2. The molecule has 180 valence electrons. The third-order valence-electron chi connectivity index (χ3n) is 5.38. The standard InChI is InChI=1S/C25H22N2O7S/c1-3-34-25(32)22-19-17(12-13-4-8-15(28)9-5-13)18(26)20(24(31)33-2)27(19)23(30)21(35-22)14-6-10-16(29)11-7-14/h4-12,21,28-29H,3,26H2,1-2H3/b17-12+/t21-/m1/s1. The van der Waals surface area contributed by atoms with E-state index >= 15 is 0 Å². The molecule has 10 heteroatoms. The fourth-order valence-corrected chi connectivity index (χ4v) is 4.98. The van der Waals surface area contributed by atoms with E-state index in [4.69, 9.17) is 15.2 Å². The number of aromatic nitrogens is 1. The van der Waals surface area contributed by atoms with Crippen molar-refractivity contribution in [2.75, 3.05) is 19.5 Å². The Balaban J connectivity index is 2.09. The Morgan fingerprint density at radius 1 is 1.06 bits per heavy atom. The van der Waals surface area contributed by atoms with Gasteiger partial charge < -0.3 is 25.4 Å². The van der Waals surface area contributed by atoms with E-state index < -0.39 is 23.1 Å². The average molecular weight is 495 g/mol. The third-order valence-corrected chi connectivity index (χ3v) is 6.69. The summed E-state index contributed by atoms with van der Waals surface area (Å²) >= 11 is 0.980. The van der Waals surface area contributed by atoms with Gasteiger partial charge in [0.15, 0.2) is 5.69 Å².